The van der Waals surface area contributed by atoms with Crippen LogP contribution in [-0.2, 0) is 11.2 Å². The number of nitrogens with zero attached hydrogens (tertiary/aromatic N) is 3. The van der Waals surface area contributed by atoms with E-state index in [1.54, 1.807) is 4.90 Å². The SMILES string of the molecule is Cc1nn(C2CCCCC2)c2sc(C(=O)Nc3ccc4c(c3)CCN4C(=O)OC(C)(C)C)cc12. The van der Waals surface area contributed by atoms with Crippen LogP contribution in [0.2, 0.25) is 0 Å². The molecular weight excluding hydrogens is 448 g/mol. The van der Waals surface area contributed by atoms with Gasteiger partial charge in [0.05, 0.1) is 22.3 Å². The van der Waals surface area contributed by atoms with Crippen molar-refractivity contribution < 1.29 is 14.3 Å². The molecule has 3 aromatic rings. The second kappa shape index (κ2) is 8.73. The predicted octanol–water partition coefficient (Wildman–Crippen LogP) is 6.46. The fourth-order valence-electron chi connectivity index (χ4n) is 4.94. The van der Waals surface area contributed by atoms with Gasteiger partial charge in [-0.25, -0.2) is 4.79 Å². The van der Waals surface area contributed by atoms with Crippen molar-refractivity contribution in [2.24, 2.45) is 0 Å². The van der Waals surface area contributed by atoms with Gasteiger partial charge >= 0.3 is 6.09 Å². The number of ether oxygens (including phenoxy) is 1. The van der Waals surface area contributed by atoms with Crippen LogP contribution < -0.4 is 10.2 Å². The number of rotatable bonds is 3. The molecule has 5 rings (SSSR count). The van der Waals surface area contributed by atoms with Gasteiger partial charge in [-0.05, 0) is 76.8 Å². The third-order valence-corrected chi connectivity index (χ3v) is 7.68. The van der Waals surface area contributed by atoms with Crippen LogP contribution in [0.3, 0.4) is 0 Å². The van der Waals surface area contributed by atoms with Gasteiger partial charge in [0.15, 0.2) is 0 Å². The topological polar surface area (TPSA) is 76.5 Å². The van der Waals surface area contributed by atoms with Crippen molar-refractivity contribution in [3.8, 4) is 0 Å². The number of hydrogen-bond donors (Lipinski definition) is 1. The zero-order chi connectivity index (χ0) is 24.0. The van der Waals surface area contributed by atoms with Crippen LogP contribution in [-0.4, -0.2) is 33.9 Å². The standard InChI is InChI=1S/C26H32N4O3S/c1-16-20-15-22(34-24(20)30(28-16)19-8-6-5-7-9-19)23(31)27-18-10-11-21-17(14-18)12-13-29(21)25(32)33-26(2,3)4/h10-11,14-15,19H,5-9,12-13H2,1-4H3,(H,27,31). The van der Waals surface area contributed by atoms with Gasteiger partial charge in [0.2, 0.25) is 0 Å². The Morgan fingerprint density at radius 3 is 2.65 bits per heavy atom. The van der Waals surface area contributed by atoms with Crippen LogP contribution >= 0.6 is 11.3 Å². The molecule has 1 aliphatic carbocycles. The molecule has 34 heavy (non-hydrogen) atoms. The molecule has 0 unspecified atom stereocenters. The fourth-order valence-corrected chi connectivity index (χ4v) is 6.06. The summed E-state index contributed by atoms with van der Waals surface area (Å²) in [6.45, 7) is 8.19. The molecule has 1 aliphatic heterocycles. The van der Waals surface area contributed by atoms with Crippen LogP contribution in [0.1, 0.15) is 79.8 Å². The molecule has 0 spiro atoms. The van der Waals surface area contributed by atoms with Crippen molar-refractivity contribution in [3.63, 3.8) is 0 Å². The highest BCUT2D eigenvalue weighted by Crippen LogP contribution is 2.36. The monoisotopic (exact) mass is 480 g/mol. The molecule has 180 valence electrons. The van der Waals surface area contributed by atoms with E-state index in [1.807, 2.05) is 52.0 Å². The van der Waals surface area contributed by atoms with Crippen LogP contribution in [0, 0.1) is 6.92 Å². The highest BCUT2D eigenvalue weighted by Gasteiger charge is 2.29. The lowest BCUT2D eigenvalue weighted by atomic mass is 9.96. The summed E-state index contributed by atoms with van der Waals surface area (Å²) in [5, 5.41) is 8.91. The number of benzene rings is 1. The maximum atomic E-state index is 13.1. The molecule has 0 bridgehead atoms. The summed E-state index contributed by atoms with van der Waals surface area (Å²) in [7, 11) is 0. The number of fused-ring (bicyclic) bond motifs is 2. The average molecular weight is 481 g/mol. The second-order valence-corrected chi connectivity index (χ2v) is 11.4. The minimum atomic E-state index is -0.537. The Bertz CT molecular complexity index is 1250. The van der Waals surface area contributed by atoms with Crippen LogP contribution in [0.4, 0.5) is 16.2 Å². The molecule has 7 nitrogen and oxygen atoms in total. The lowest BCUT2D eigenvalue weighted by molar-refractivity contribution is 0.0583. The third-order valence-electron chi connectivity index (χ3n) is 6.56. The van der Waals surface area contributed by atoms with Gasteiger partial charge in [0.25, 0.3) is 5.91 Å². The summed E-state index contributed by atoms with van der Waals surface area (Å²) in [5.74, 6) is -0.113. The zero-order valence-corrected chi connectivity index (χ0v) is 21.1. The van der Waals surface area contributed by atoms with E-state index in [0.717, 1.165) is 52.1 Å². The number of aromatic nitrogens is 2. The number of thiophene rings is 1. The van der Waals surface area contributed by atoms with Crippen molar-refractivity contribution in [2.45, 2.75) is 77.9 Å². The number of hydrogen-bond acceptors (Lipinski definition) is 5. The third kappa shape index (κ3) is 4.43. The first-order chi connectivity index (χ1) is 16.2. The van der Waals surface area contributed by atoms with E-state index in [1.165, 1.54) is 30.6 Å². The quantitative estimate of drug-likeness (QED) is 0.467. The van der Waals surface area contributed by atoms with Gasteiger partial charge in [-0.15, -0.1) is 11.3 Å². The van der Waals surface area contributed by atoms with E-state index in [9.17, 15) is 9.59 Å². The maximum Gasteiger partial charge on any atom is 0.414 e. The molecular formula is C26H32N4O3S. The first-order valence-corrected chi connectivity index (χ1v) is 12.9. The molecule has 8 heteroatoms. The van der Waals surface area contributed by atoms with Gasteiger partial charge in [0, 0.05) is 17.6 Å². The summed E-state index contributed by atoms with van der Waals surface area (Å²) in [4.78, 5) is 29.1. The average Bonchev–Trinajstić information content (AvgIpc) is 3.48. The Hall–Kier alpha value is -2.87. The lowest BCUT2D eigenvalue weighted by Crippen LogP contribution is -2.35. The number of anilines is 2. The Kier molecular flexibility index (Phi) is 5.88. The molecule has 2 aliphatic rings. The normalized spacial score (nSPS) is 16.6. The van der Waals surface area contributed by atoms with E-state index in [4.69, 9.17) is 9.84 Å². The summed E-state index contributed by atoms with van der Waals surface area (Å²) in [6, 6.07) is 8.10. The van der Waals surface area contributed by atoms with Crippen molar-refractivity contribution >= 4 is 44.9 Å². The van der Waals surface area contributed by atoms with Gasteiger partial charge < -0.3 is 10.1 Å². The molecule has 0 saturated heterocycles. The predicted molar refractivity (Wildman–Crippen MR) is 136 cm³/mol. The van der Waals surface area contributed by atoms with Crippen molar-refractivity contribution in [2.75, 3.05) is 16.8 Å². The minimum Gasteiger partial charge on any atom is -0.443 e. The van der Waals surface area contributed by atoms with Gasteiger partial charge in [-0.2, -0.15) is 5.10 Å². The highest BCUT2D eigenvalue weighted by atomic mass is 32.1. The molecule has 1 saturated carbocycles. The Morgan fingerprint density at radius 1 is 1.15 bits per heavy atom. The van der Waals surface area contributed by atoms with Crippen molar-refractivity contribution in [3.05, 3.63) is 40.4 Å². The summed E-state index contributed by atoms with van der Waals surface area (Å²) in [6.07, 6.45) is 6.50. The molecule has 2 aromatic heterocycles. The van der Waals surface area contributed by atoms with Gasteiger partial charge in [-0.1, -0.05) is 19.3 Å². The number of amides is 2. The number of nitrogens with one attached hydrogen (secondary N) is 1. The van der Waals surface area contributed by atoms with E-state index < -0.39 is 5.60 Å². The number of carbonyl (C=O) groups excluding carboxylic acids is 2. The maximum absolute atomic E-state index is 13.1. The Morgan fingerprint density at radius 2 is 1.91 bits per heavy atom. The highest BCUT2D eigenvalue weighted by molar-refractivity contribution is 7.20. The molecule has 3 heterocycles. The van der Waals surface area contributed by atoms with E-state index in [-0.39, 0.29) is 12.0 Å². The number of carbonyl (C=O) groups is 2. The minimum absolute atomic E-state index is 0.113. The number of aryl methyl sites for hydroxylation is 1. The fraction of sp³-hybridized carbons (Fsp3) is 0.500. The summed E-state index contributed by atoms with van der Waals surface area (Å²) < 4.78 is 7.69. The van der Waals surface area contributed by atoms with Gasteiger partial charge in [0.1, 0.15) is 10.4 Å². The molecule has 1 aromatic carbocycles. The van der Waals surface area contributed by atoms with E-state index in [2.05, 4.69) is 10.00 Å². The largest absolute Gasteiger partial charge is 0.443 e. The van der Waals surface area contributed by atoms with Crippen LogP contribution in [0.25, 0.3) is 10.2 Å². The summed E-state index contributed by atoms with van der Waals surface area (Å²) >= 11 is 1.52. The molecule has 0 atom stereocenters. The van der Waals surface area contributed by atoms with E-state index in [0.29, 0.717) is 17.5 Å². The lowest BCUT2D eigenvalue weighted by Gasteiger charge is -2.24. The van der Waals surface area contributed by atoms with Crippen LogP contribution in [0.5, 0.6) is 0 Å². The summed E-state index contributed by atoms with van der Waals surface area (Å²) in [5.41, 5.74) is 3.05. The Labute approximate surface area is 204 Å². The van der Waals surface area contributed by atoms with Crippen LogP contribution in [0.15, 0.2) is 24.3 Å². The first-order valence-electron chi connectivity index (χ1n) is 12.1. The van der Waals surface area contributed by atoms with Crippen molar-refractivity contribution in [1.82, 2.24) is 9.78 Å². The molecule has 1 N–H and O–H groups in total. The second-order valence-electron chi connectivity index (χ2n) is 10.3. The molecule has 2 amide bonds. The van der Waals surface area contributed by atoms with Gasteiger partial charge in [-0.3, -0.25) is 14.4 Å². The van der Waals surface area contributed by atoms with Crippen molar-refractivity contribution in [1.29, 1.82) is 0 Å². The zero-order valence-electron chi connectivity index (χ0n) is 20.3. The smallest absolute Gasteiger partial charge is 0.414 e. The van der Waals surface area contributed by atoms with E-state index >= 15 is 0 Å². The molecule has 1 fully saturated rings. The Balaban J connectivity index is 1.33. The molecule has 0 radical (unpaired) electrons. The first kappa shape index (κ1) is 22.9.